The van der Waals surface area contributed by atoms with Gasteiger partial charge in [0.1, 0.15) is 16.7 Å². The Bertz CT molecular complexity index is 1200. The Morgan fingerprint density at radius 1 is 1.17 bits per heavy atom. The number of ether oxygens (including phenoxy) is 2. The fraction of sp³-hybridized carbons (Fsp3) is 0.520. The lowest BCUT2D eigenvalue weighted by atomic mass is 10.1. The lowest BCUT2D eigenvalue weighted by Gasteiger charge is -2.27. The van der Waals surface area contributed by atoms with E-state index >= 15 is 0 Å². The van der Waals surface area contributed by atoms with Crippen LogP contribution in [-0.4, -0.2) is 51.3 Å². The number of amides is 2. The van der Waals surface area contributed by atoms with Crippen molar-refractivity contribution in [3.05, 3.63) is 39.0 Å². The average Bonchev–Trinajstić information content (AvgIpc) is 3.37. The van der Waals surface area contributed by atoms with Gasteiger partial charge in [-0.05, 0) is 65.5 Å². The molecule has 11 heteroatoms. The van der Waals surface area contributed by atoms with Crippen molar-refractivity contribution in [2.45, 2.75) is 78.7 Å². The molecule has 0 saturated heterocycles. The van der Waals surface area contributed by atoms with E-state index in [-0.39, 0.29) is 6.61 Å². The minimum Gasteiger partial charge on any atom is -0.444 e. The Labute approximate surface area is 219 Å². The third kappa shape index (κ3) is 7.37. The first-order valence-electron chi connectivity index (χ1n) is 11.6. The molecule has 3 aromatic heterocycles. The topological polar surface area (TPSA) is 114 Å². The zero-order valence-electron chi connectivity index (χ0n) is 21.7. The average molecular weight is 535 g/mol. The van der Waals surface area contributed by atoms with Crippen LogP contribution in [0, 0.1) is 6.92 Å². The van der Waals surface area contributed by atoms with Gasteiger partial charge in [-0.3, -0.25) is 4.90 Å². The van der Waals surface area contributed by atoms with Gasteiger partial charge in [0.25, 0.3) is 0 Å². The summed E-state index contributed by atoms with van der Waals surface area (Å²) in [6, 6.07) is 3.36. The number of aliphatic hydroxyl groups is 1. The van der Waals surface area contributed by atoms with Gasteiger partial charge >= 0.3 is 12.2 Å². The van der Waals surface area contributed by atoms with Gasteiger partial charge in [0.15, 0.2) is 0 Å². The third-order valence-electron chi connectivity index (χ3n) is 4.96. The highest BCUT2D eigenvalue weighted by molar-refractivity contribution is 7.19. The van der Waals surface area contributed by atoms with E-state index < -0.39 is 29.4 Å². The van der Waals surface area contributed by atoms with E-state index in [0.29, 0.717) is 24.2 Å². The van der Waals surface area contributed by atoms with Gasteiger partial charge in [0, 0.05) is 16.2 Å². The number of anilines is 1. The van der Waals surface area contributed by atoms with Crippen molar-refractivity contribution in [1.29, 1.82) is 0 Å². The normalized spacial score (nSPS) is 12.9. The van der Waals surface area contributed by atoms with Gasteiger partial charge in [-0.1, -0.05) is 6.07 Å². The van der Waals surface area contributed by atoms with E-state index in [1.54, 1.807) is 43.2 Å². The molecular formula is C25H34N4O5S2. The number of nitrogens with one attached hydrogen (secondary N) is 1. The predicted molar refractivity (Wildman–Crippen MR) is 143 cm³/mol. The number of rotatable bonds is 7. The van der Waals surface area contributed by atoms with Crippen LogP contribution in [0.15, 0.2) is 23.7 Å². The Morgan fingerprint density at radius 3 is 2.44 bits per heavy atom. The van der Waals surface area contributed by atoms with Crippen LogP contribution in [0.4, 0.5) is 15.3 Å². The second-order valence-electron chi connectivity index (χ2n) is 10.4. The fourth-order valence-corrected chi connectivity index (χ4v) is 5.45. The minimum absolute atomic E-state index is 0.256. The number of aliphatic hydroxyl groups excluding tert-OH is 1. The second-order valence-corrected chi connectivity index (χ2v) is 12.6. The summed E-state index contributed by atoms with van der Waals surface area (Å²) in [6.45, 7) is 12.8. The zero-order chi connectivity index (χ0) is 26.7. The maximum atomic E-state index is 13.3. The molecule has 0 unspecified atom stereocenters. The van der Waals surface area contributed by atoms with Gasteiger partial charge in [0.2, 0.25) is 0 Å². The fourth-order valence-electron chi connectivity index (χ4n) is 3.41. The zero-order valence-corrected chi connectivity index (χ0v) is 23.4. The summed E-state index contributed by atoms with van der Waals surface area (Å²) in [4.78, 5) is 29.0. The molecule has 0 aliphatic carbocycles. The molecule has 0 spiro atoms. The van der Waals surface area contributed by atoms with Crippen LogP contribution in [0.2, 0.25) is 0 Å². The number of nitrogens with zero attached hydrogens (tertiary/aromatic N) is 3. The van der Waals surface area contributed by atoms with Crippen molar-refractivity contribution in [2.24, 2.45) is 0 Å². The van der Waals surface area contributed by atoms with E-state index in [4.69, 9.17) is 9.47 Å². The van der Waals surface area contributed by atoms with Gasteiger partial charge in [-0.15, -0.1) is 27.8 Å². The molecule has 1 atom stereocenters. The molecule has 0 saturated carbocycles. The first kappa shape index (κ1) is 27.8. The van der Waals surface area contributed by atoms with Crippen LogP contribution in [0.1, 0.15) is 56.9 Å². The molecule has 196 valence electrons. The lowest BCUT2D eigenvalue weighted by molar-refractivity contribution is 0.0482. The molecule has 3 heterocycles. The standard InChI is InChI=1S/C25H34N4O5S2/c1-15-19(11-16(14-30)27-22(31)33-24(2,3)4)36-21-18(12-26-28-20(15)21)29(13-17-9-8-10-35-17)23(32)34-25(5,6)7/h8-10,12,16,30H,11,13-14H2,1-7H3,(H,27,31)/t16-/m0/s1. The van der Waals surface area contributed by atoms with Crippen LogP contribution in [0.25, 0.3) is 10.2 Å². The summed E-state index contributed by atoms with van der Waals surface area (Å²) < 4.78 is 11.8. The Morgan fingerprint density at radius 2 is 1.86 bits per heavy atom. The van der Waals surface area contributed by atoms with Crippen molar-refractivity contribution in [1.82, 2.24) is 15.5 Å². The highest BCUT2D eigenvalue weighted by Gasteiger charge is 2.28. The number of hydrogen-bond acceptors (Lipinski definition) is 9. The largest absolute Gasteiger partial charge is 0.444 e. The van der Waals surface area contributed by atoms with E-state index in [1.807, 2.05) is 45.2 Å². The molecule has 0 aromatic carbocycles. The molecule has 2 amide bonds. The SMILES string of the molecule is Cc1c(C[C@@H](CO)NC(=O)OC(C)(C)C)sc2c(N(Cc3cccs3)C(=O)OC(C)(C)C)cnnc12. The van der Waals surface area contributed by atoms with Gasteiger partial charge in [-0.25, -0.2) is 9.59 Å². The molecule has 2 N–H and O–H groups in total. The smallest absolute Gasteiger partial charge is 0.415 e. The molecule has 0 fully saturated rings. The number of carbonyl (C=O) groups excluding carboxylic acids is 2. The second kappa shape index (κ2) is 11.1. The van der Waals surface area contributed by atoms with Crippen LogP contribution >= 0.6 is 22.7 Å². The van der Waals surface area contributed by atoms with Crippen molar-refractivity contribution >= 4 is 50.8 Å². The van der Waals surface area contributed by atoms with Crippen LogP contribution < -0.4 is 10.2 Å². The van der Waals surface area contributed by atoms with Crippen molar-refractivity contribution < 1.29 is 24.2 Å². The summed E-state index contributed by atoms with van der Waals surface area (Å²) in [5.41, 5.74) is 0.844. The molecule has 0 bridgehead atoms. The van der Waals surface area contributed by atoms with Crippen molar-refractivity contribution in [2.75, 3.05) is 11.5 Å². The molecule has 0 aliphatic heterocycles. The number of thiophene rings is 2. The predicted octanol–water partition coefficient (Wildman–Crippen LogP) is 5.43. The third-order valence-corrected chi connectivity index (χ3v) is 7.14. The first-order valence-corrected chi connectivity index (χ1v) is 13.3. The molecule has 36 heavy (non-hydrogen) atoms. The van der Waals surface area contributed by atoms with E-state index in [9.17, 15) is 14.7 Å². The molecule has 3 rings (SSSR count). The molecular weight excluding hydrogens is 500 g/mol. The number of aromatic nitrogens is 2. The van der Waals surface area contributed by atoms with E-state index in [1.165, 1.54) is 11.3 Å². The summed E-state index contributed by atoms with van der Waals surface area (Å²) in [5, 5.41) is 23.1. The number of fused-ring (bicyclic) bond motifs is 1. The Kier molecular flexibility index (Phi) is 8.58. The van der Waals surface area contributed by atoms with Crippen molar-refractivity contribution in [3.8, 4) is 0 Å². The van der Waals surface area contributed by atoms with E-state index in [0.717, 1.165) is 20.0 Å². The molecule has 3 aromatic rings. The molecule has 0 aliphatic rings. The highest BCUT2D eigenvalue weighted by Crippen LogP contribution is 2.37. The molecule has 0 radical (unpaired) electrons. The van der Waals surface area contributed by atoms with Gasteiger partial charge in [0.05, 0.1) is 35.8 Å². The van der Waals surface area contributed by atoms with Gasteiger partial charge in [-0.2, -0.15) is 5.10 Å². The van der Waals surface area contributed by atoms with Crippen LogP contribution in [-0.2, 0) is 22.4 Å². The van der Waals surface area contributed by atoms with Crippen LogP contribution in [0.3, 0.4) is 0 Å². The number of carbonyl (C=O) groups is 2. The molecule has 9 nitrogen and oxygen atoms in total. The van der Waals surface area contributed by atoms with E-state index in [2.05, 4.69) is 15.5 Å². The maximum Gasteiger partial charge on any atom is 0.415 e. The Hall–Kier alpha value is -2.76. The monoisotopic (exact) mass is 534 g/mol. The summed E-state index contributed by atoms with van der Waals surface area (Å²) >= 11 is 3.01. The summed E-state index contributed by atoms with van der Waals surface area (Å²) in [6.07, 6.45) is 0.882. The number of hydrogen-bond donors (Lipinski definition) is 2. The number of aryl methyl sites for hydroxylation is 1. The Balaban J connectivity index is 1.95. The minimum atomic E-state index is -0.664. The maximum absolute atomic E-state index is 13.3. The quantitative estimate of drug-likeness (QED) is 0.415. The van der Waals surface area contributed by atoms with Crippen LogP contribution in [0.5, 0.6) is 0 Å². The first-order chi connectivity index (χ1) is 16.8. The number of alkyl carbamates (subject to hydrolysis) is 1. The summed E-state index contributed by atoms with van der Waals surface area (Å²) in [7, 11) is 0. The summed E-state index contributed by atoms with van der Waals surface area (Å²) in [5.74, 6) is 0. The lowest BCUT2D eigenvalue weighted by Crippen LogP contribution is -2.42. The van der Waals surface area contributed by atoms with Crippen molar-refractivity contribution in [3.63, 3.8) is 0 Å². The highest BCUT2D eigenvalue weighted by atomic mass is 32.1. The van der Waals surface area contributed by atoms with Gasteiger partial charge < -0.3 is 19.9 Å².